The molecule has 1 aliphatic carbocycles. The van der Waals surface area contributed by atoms with Crippen molar-refractivity contribution in [3.63, 3.8) is 0 Å². The smallest absolute Gasteiger partial charge is 0.0226 e. The zero-order chi connectivity index (χ0) is 10.9. The largest absolute Gasteiger partial charge is 0.324 e. The van der Waals surface area contributed by atoms with Crippen LogP contribution in [-0.4, -0.2) is 54.1 Å². The van der Waals surface area contributed by atoms with Gasteiger partial charge in [0.1, 0.15) is 0 Å². The van der Waals surface area contributed by atoms with Crippen molar-refractivity contribution in [2.24, 2.45) is 5.73 Å². The van der Waals surface area contributed by atoms with Crippen LogP contribution in [0.15, 0.2) is 0 Å². The van der Waals surface area contributed by atoms with Gasteiger partial charge in [-0.25, -0.2) is 0 Å². The first-order chi connectivity index (χ1) is 7.04. The molecule has 0 aromatic heterocycles. The van der Waals surface area contributed by atoms with Gasteiger partial charge in [0, 0.05) is 44.3 Å². The summed E-state index contributed by atoms with van der Waals surface area (Å²) in [7, 11) is 0. The highest BCUT2D eigenvalue weighted by molar-refractivity contribution is 5.85. The highest BCUT2D eigenvalue weighted by atomic mass is 35.5. The average molecular weight is 248 g/mol. The maximum Gasteiger partial charge on any atom is 0.0226 e. The molecule has 0 unspecified atom stereocenters. The lowest BCUT2D eigenvalue weighted by Crippen LogP contribution is -2.55. The first-order valence-corrected chi connectivity index (χ1v) is 6.30. The Morgan fingerprint density at radius 1 is 1.12 bits per heavy atom. The molecule has 1 aliphatic heterocycles. The van der Waals surface area contributed by atoms with Crippen molar-refractivity contribution in [2.45, 2.75) is 44.7 Å². The van der Waals surface area contributed by atoms with Gasteiger partial charge in [-0.3, -0.25) is 9.80 Å². The van der Waals surface area contributed by atoms with Crippen LogP contribution in [0.2, 0.25) is 0 Å². The van der Waals surface area contributed by atoms with Crippen molar-refractivity contribution in [1.29, 1.82) is 0 Å². The molecule has 0 spiro atoms. The van der Waals surface area contributed by atoms with Crippen LogP contribution in [0.25, 0.3) is 0 Å². The van der Waals surface area contributed by atoms with Crippen molar-refractivity contribution < 1.29 is 0 Å². The third-order valence-corrected chi connectivity index (χ3v) is 3.63. The summed E-state index contributed by atoms with van der Waals surface area (Å²) in [5, 5.41) is 0. The Hall–Kier alpha value is 0.170. The number of rotatable bonds is 3. The van der Waals surface area contributed by atoms with Crippen LogP contribution < -0.4 is 5.73 Å². The molecule has 16 heavy (non-hydrogen) atoms. The van der Waals surface area contributed by atoms with E-state index >= 15 is 0 Å². The number of hydrogen-bond donors (Lipinski definition) is 1. The van der Waals surface area contributed by atoms with E-state index in [1.54, 1.807) is 0 Å². The van der Waals surface area contributed by atoms with Crippen LogP contribution in [0.3, 0.4) is 0 Å². The highest BCUT2D eigenvalue weighted by Crippen LogP contribution is 2.25. The fourth-order valence-corrected chi connectivity index (χ4v) is 2.61. The number of nitrogens with two attached hydrogens (primary N) is 1. The van der Waals surface area contributed by atoms with Gasteiger partial charge in [0.15, 0.2) is 0 Å². The topological polar surface area (TPSA) is 32.5 Å². The predicted molar refractivity (Wildman–Crippen MR) is 71.2 cm³/mol. The average Bonchev–Trinajstić information content (AvgIpc) is 2.02. The van der Waals surface area contributed by atoms with Crippen LogP contribution in [0.1, 0.15) is 33.1 Å². The van der Waals surface area contributed by atoms with E-state index in [-0.39, 0.29) is 17.9 Å². The van der Waals surface area contributed by atoms with Crippen LogP contribution in [0.5, 0.6) is 0 Å². The Morgan fingerprint density at radius 3 is 2.06 bits per heavy atom. The van der Waals surface area contributed by atoms with Crippen molar-refractivity contribution in [2.75, 3.05) is 32.7 Å². The Bertz CT molecular complexity index is 203. The van der Waals surface area contributed by atoms with Gasteiger partial charge in [0.05, 0.1) is 0 Å². The summed E-state index contributed by atoms with van der Waals surface area (Å²) in [6.45, 7) is 10.2. The van der Waals surface area contributed by atoms with Gasteiger partial charge in [-0.15, -0.1) is 12.4 Å². The molecule has 0 aromatic carbocycles. The van der Waals surface area contributed by atoms with Crippen LogP contribution in [0, 0.1) is 0 Å². The lowest BCUT2D eigenvalue weighted by atomic mass is 9.91. The highest BCUT2D eigenvalue weighted by Gasteiger charge is 2.28. The minimum absolute atomic E-state index is 0. The molecule has 0 aromatic rings. The summed E-state index contributed by atoms with van der Waals surface area (Å²) in [6.07, 6.45) is 4.31. The fourth-order valence-electron chi connectivity index (χ4n) is 2.61. The summed E-state index contributed by atoms with van der Waals surface area (Å²) in [4.78, 5) is 5.18. The van der Waals surface area contributed by atoms with Gasteiger partial charge in [0.25, 0.3) is 0 Å². The fraction of sp³-hybridized carbons (Fsp3) is 1.00. The molecule has 0 bridgehead atoms. The molecule has 3 nitrogen and oxygen atoms in total. The van der Waals surface area contributed by atoms with E-state index in [2.05, 4.69) is 23.6 Å². The van der Waals surface area contributed by atoms with Crippen LogP contribution in [-0.2, 0) is 0 Å². The maximum absolute atomic E-state index is 6.04. The molecule has 1 saturated carbocycles. The van der Waals surface area contributed by atoms with Gasteiger partial charge in [-0.2, -0.15) is 0 Å². The molecule has 2 aliphatic rings. The second-order valence-corrected chi connectivity index (χ2v) is 5.89. The van der Waals surface area contributed by atoms with E-state index in [4.69, 9.17) is 5.73 Å². The monoisotopic (exact) mass is 247 g/mol. The normalized spacial score (nSPS) is 24.9. The summed E-state index contributed by atoms with van der Waals surface area (Å²) in [5.74, 6) is 0. The van der Waals surface area contributed by atoms with Crippen LogP contribution >= 0.6 is 12.4 Å². The van der Waals surface area contributed by atoms with E-state index in [9.17, 15) is 0 Å². The van der Waals surface area contributed by atoms with Crippen molar-refractivity contribution in [3.05, 3.63) is 0 Å². The Kier molecular flexibility index (Phi) is 5.05. The summed E-state index contributed by atoms with van der Waals surface area (Å²) >= 11 is 0. The Balaban J connectivity index is 0.00000128. The lowest BCUT2D eigenvalue weighted by molar-refractivity contribution is 0.0548. The van der Waals surface area contributed by atoms with E-state index in [0.29, 0.717) is 0 Å². The van der Waals surface area contributed by atoms with Crippen molar-refractivity contribution >= 4 is 12.4 Å². The molecule has 0 amide bonds. The molecule has 96 valence electrons. The number of nitrogens with zero attached hydrogens (tertiary/aromatic N) is 2. The van der Waals surface area contributed by atoms with Gasteiger partial charge in [0.2, 0.25) is 0 Å². The molecule has 0 atom stereocenters. The standard InChI is InChI=1S/C12H25N3.ClH/c1-12(2,13)10-14-6-8-15(9-7-14)11-4-3-5-11;/h11H,3-10,13H2,1-2H3;1H. The minimum atomic E-state index is -0.0430. The predicted octanol–water partition coefficient (Wildman–Crippen LogP) is 1.32. The third kappa shape index (κ3) is 3.88. The van der Waals surface area contributed by atoms with E-state index in [1.807, 2.05) is 0 Å². The number of piperazine rings is 1. The third-order valence-electron chi connectivity index (χ3n) is 3.63. The second kappa shape index (κ2) is 5.67. The van der Waals surface area contributed by atoms with E-state index < -0.39 is 0 Å². The zero-order valence-electron chi connectivity index (χ0n) is 10.6. The molecule has 0 radical (unpaired) electrons. The molecule has 2 fully saturated rings. The Labute approximate surface area is 106 Å². The van der Waals surface area contributed by atoms with Gasteiger partial charge < -0.3 is 5.73 Å². The molecule has 1 saturated heterocycles. The van der Waals surface area contributed by atoms with Crippen molar-refractivity contribution in [1.82, 2.24) is 9.80 Å². The van der Waals surface area contributed by atoms with Crippen LogP contribution in [0.4, 0.5) is 0 Å². The zero-order valence-corrected chi connectivity index (χ0v) is 11.4. The summed E-state index contributed by atoms with van der Waals surface area (Å²) in [6, 6.07) is 0.915. The molecular formula is C12H26ClN3. The van der Waals surface area contributed by atoms with E-state index in [0.717, 1.165) is 12.6 Å². The Morgan fingerprint density at radius 2 is 1.69 bits per heavy atom. The van der Waals surface area contributed by atoms with Gasteiger partial charge in [-0.05, 0) is 26.7 Å². The molecule has 1 heterocycles. The van der Waals surface area contributed by atoms with Gasteiger partial charge >= 0.3 is 0 Å². The molecule has 2 N–H and O–H groups in total. The lowest BCUT2D eigenvalue weighted by Gasteiger charge is -2.44. The van der Waals surface area contributed by atoms with Gasteiger partial charge in [-0.1, -0.05) is 6.42 Å². The maximum atomic E-state index is 6.04. The molecule has 2 rings (SSSR count). The quantitative estimate of drug-likeness (QED) is 0.817. The summed E-state index contributed by atoms with van der Waals surface area (Å²) < 4.78 is 0. The number of halogens is 1. The van der Waals surface area contributed by atoms with E-state index in [1.165, 1.54) is 45.4 Å². The number of hydrogen-bond acceptors (Lipinski definition) is 3. The minimum Gasteiger partial charge on any atom is -0.324 e. The SMILES string of the molecule is CC(C)(N)CN1CCN(C2CCC2)CC1.Cl. The van der Waals surface area contributed by atoms with Crippen molar-refractivity contribution in [3.8, 4) is 0 Å². The molecule has 4 heteroatoms. The first-order valence-electron chi connectivity index (χ1n) is 6.30. The summed E-state index contributed by atoms with van der Waals surface area (Å²) in [5.41, 5.74) is 6.00. The molecular weight excluding hydrogens is 222 g/mol. The first kappa shape index (κ1) is 14.2. The second-order valence-electron chi connectivity index (χ2n) is 5.89.